The topological polar surface area (TPSA) is 92.7 Å². The number of nitrogens with one attached hydrogen (secondary N) is 2. The van der Waals surface area contributed by atoms with Crippen molar-refractivity contribution in [2.75, 3.05) is 11.6 Å². The summed E-state index contributed by atoms with van der Waals surface area (Å²) in [5, 5.41) is 2.17. The zero-order valence-corrected chi connectivity index (χ0v) is 9.46. The first-order valence-electron chi connectivity index (χ1n) is 4.38. The van der Waals surface area contributed by atoms with E-state index in [1.807, 2.05) is 0 Å². The number of thioether (sulfide) groups is 1. The van der Waals surface area contributed by atoms with Gasteiger partial charge in [-0.25, -0.2) is 4.98 Å². The summed E-state index contributed by atoms with van der Waals surface area (Å²) in [5.41, 5.74) is 0.312. The Morgan fingerprint density at radius 2 is 2.38 bits per heavy atom. The van der Waals surface area contributed by atoms with Crippen molar-refractivity contribution in [2.24, 2.45) is 7.05 Å². The highest BCUT2D eigenvalue weighted by atomic mass is 32.2. The Balaban J connectivity index is 2.52. The van der Waals surface area contributed by atoms with Gasteiger partial charge in [-0.15, -0.1) is 0 Å². The fourth-order valence-corrected chi connectivity index (χ4v) is 1.42. The molecule has 0 unspecified atom stereocenters. The summed E-state index contributed by atoms with van der Waals surface area (Å²) < 4.78 is 1.61. The number of carbonyl (C=O) groups is 1. The van der Waals surface area contributed by atoms with Gasteiger partial charge in [0.1, 0.15) is 0 Å². The van der Waals surface area contributed by atoms with Crippen LogP contribution in [0.1, 0.15) is 0 Å². The van der Waals surface area contributed by atoms with Crippen LogP contribution in [-0.2, 0) is 7.05 Å². The highest BCUT2D eigenvalue weighted by Gasteiger charge is 2.09. The van der Waals surface area contributed by atoms with Crippen LogP contribution in [0.4, 0.5) is 10.7 Å². The quantitative estimate of drug-likeness (QED) is 0.758. The summed E-state index contributed by atoms with van der Waals surface area (Å²) in [4.78, 5) is 33.1. The Hall–Kier alpha value is -1.83. The summed E-state index contributed by atoms with van der Waals surface area (Å²) in [6.45, 7) is 0. The molecule has 7 nitrogen and oxygen atoms in total. The molecule has 0 spiro atoms. The minimum atomic E-state index is -0.373. The molecule has 0 radical (unpaired) electrons. The van der Waals surface area contributed by atoms with Gasteiger partial charge in [-0.3, -0.25) is 19.9 Å². The van der Waals surface area contributed by atoms with Gasteiger partial charge in [-0.05, 0) is 6.26 Å². The number of aromatic nitrogens is 4. The van der Waals surface area contributed by atoms with Crippen LogP contribution >= 0.6 is 11.8 Å². The molecule has 2 aromatic heterocycles. The van der Waals surface area contributed by atoms with Crippen LogP contribution in [0.25, 0.3) is 11.2 Å². The summed E-state index contributed by atoms with van der Waals surface area (Å²) in [6, 6.07) is 0. The summed E-state index contributed by atoms with van der Waals surface area (Å²) >= 11 is 1.00. The van der Waals surface area contributed by atoms with Crippen molar-refractivity contribution in [1.82, 2.24) is 19.5 Å². The Labute approximate surface area is 94.3 Å². The van der Waals surface area contributed by atoms with E-state index in [1.54, 1.807) is 17.9 Å². The van der Waals surface area contributed by atoms with Gasteiger partial charge in [0.15, 0.2) is 11.2 Å². The third-order valence-corrected chi connectivity index (χ3v) is 2.45. The maximum Gasteiger partial charge on any atom is 0.285 e. The van der Waals surface area contributed by atoms with Crippen LogP contribution in [0.15, 0.2) is 11.1 Å². The van der Waals surface area contributed by atoms with Crippen molar-refractivity contribution in [1.29, 1.82) is 0 Å². The van der Waals surface area contributed by atoms with Crippen molar-refractivity contribution in [2.45, 2.75) is 0 Å². The lowest BCUT2D eigenvalue weighted by Gasteiger charge is -2.01. The summed E-state index contributed by atoms with van der Waals surface area (Å²) in [5.74, 6) is 0.125. The van der Waals surface area contributed by atoms with Gasteiger partial charge in [0, 0.05) is 7.05 Å². The SMILES string of the molecule is CSC(=O)Nc1nc2c(ncn2C)c(=O)[nH]1. The molecule has 8 heteroatoms. The molecule has 2 heterocycles. The highest BCUT2D eigenvalue weighted by Crippen LogP contribution is 2.07. The molecule has 0 atom stereocenters. The van der Waals surface area contributed by atoms with Crippen molar-refractivity contribution >= 4 is 34.1 Å². The Bertz CT molecular complexity index is 602. The third-order valence-electron chi connectivity index (χ3n) is 1.98. The molecule has 0 aliphatic rings. The number of fused-ring (bicyclic) bond motifs is 1. The standard InChI is InChI=1S/C8H9N5O2S/c1-13-3-9-4-5(13)10-7(11-6(4)14)12-8(15)16-2/h3H,1-2H3,(H2,10,11,12,14,15). The molecular formula is C8H9N5O2S. The first kappa shape index (κ1) is 10.7. The van der Waals surface area contributed by atoms with E-state index < -0.39 is 0 Å². The predicted octanol–water partition coefficient (Wildman–Crippen LogP) is 0.551. The molecule has 2 rings (SSSR count). The monoisotopic (exact) mass is 239 g/mol. The summed E-state index contributed by atoms with van der Waals surface area (Å²) in [7, 11) is 1.72. The number of carbonyl (C=O) groups excluding carboxylic acids is 1. The first-order chi connectivity index (χ1) is 7.61. The number of nitrogens with zero attached hydrogens (tertiary/aromatic N) is 3. The highest BCUT2D eigenvalue weighted by molar-refractivity contribution is 8.13. The number of rotatable bonds is 1. The van der Waals surface area contributed by atoms with E-state index in [1.165, 1.54) is 6.33 Å². The average molecular weight is 239 g/mol. The molecular weight excluding hydrogens is 230 g/mol. The molecule has 0 saturated heterocycles. The van der Waals surface area contributed by atoms with Crippen LogP contribution in [-0.4, -0.2) is 31.0 Å². The summed E-state index contributed by atoms with van der Waals surface area (Å²) in [6.07, 6.45) is 3.13. The maximum absolute atomic E-state index is 11.6. The second-order valence-electron chi connectivity index (χ2n) is 3.06. The number of hydrogen-bond acceptors (Lipinski definition) is 5. The largest absolute Gasteiger partial charge is 0.318 e. The minimum Gasteiger partial charge on any atom is -0.318 e. The molecule has 0 bridgehead atoms. The van der Waals surface area contributed by atoms with E-state index >= 15 is 0 Å². The van der Waals surface area contributed by atoms with Crippen LogP contribution in [0.3, 0.4) is 0 Å². The van der Waals surface area contributed by atoms with Crippen molar-refractivity contribution < 1.29 is 4.79 Å². The van der Waals surface area contributed by atoms with Gasteiger partial charge in [0.25, 0.3) is 10.8 Å². The number of hydrogen-bond donors (Lipinski definition) is 2. The van der Waals surface area contributed by atoms with E-state index in [2.05, 4.69) is 20.3 Å². The average Bonchev–Trinajstić information content (AvgIpc) is 2.61. The second-order valence-corrected chi connectivity index (χ2v) is 3.84. The van der Waals surface area contributed by atoms with E-state index in [-0.39, 0.29) is 22.3 Å². The van der Waals surface area contributed by atoms with Gasteiger partial charge >= 0.3 is 0 Å². The lowest BCUT2D eigenvalue weighted by Crippen LogP contribution is -2.15. The lowest BCUT2D eigenvalue weighted by atomic mass is 10.5. The predicted molar refractivity (Wildman–Crippen MR) is 61.7 cm³/mol. The molecule has 0 aliphatic heterocycles. The van der Waals surface area contributed by atoms with Crippen molar-refractivity contribution in [3.63, 3.8) is 0 Å². The number of aromatic amines is 1. The first-order valence-corrected chi connectivity index (χ1v) is 5.60. The van der Waals surface area contributed by atoms with Crippen LogP contribution in [0.5, 0.6) is 0 Å². The lowest BCUT2D eigenvalue weighted by molar-refractivity contribution is 0.269. The Morgan fingerprint density at radius 1 is 1.62 bits per heavy atom. The molecule has 2 aromatic rings. The van der Waals surface area contributed by atoms with Crippen molar-refractivity contribution in [3.8, 4) is 0 Å². The number of aryl methyl sites for hydroxylation is 1. The molecule has 2 N–H and O–H groups in total. The van der Waals surface area contributed by atoms with Gasteiger partial charge in [-0.2, -0.15) is 4.98 Å². The minimum absolute atomic E-state index is 0.125. The van der Waals surface area contributed by atoms with Crippen LogP contribution < -0.4 is 10.9 Å². The molecule has 0 fully saturated rings. The van der Waals surface area contributed by atoms with E-state index in [0.29, 0.717) is 5.65 Å². The molecule has 16 heavy (non-hydrogen) atoms. The number of H-pyrrole nitrogens is 1. The zero-order chi connectivity index (χ0) is 11.7. The zero-order valence-electron chi connectivity index (χ0n) is 8.64. The van der Waals surface area contributed by atoms with Crippen LogP contribution in [0.2, 0.25) is 0 Å². The van der Waals surface area contributed by atoms with Crippen molar-refractivity contribution in [3.05, 3.63) is 16.7 Å². The van der Waals surface area contributed by atoms with E-state index in [9.17, 15) is 9.59 Å². The van der Waals surface area contributed by atoms with E-state index in [4.69, 9.17) is 0 Å². The normalized spacial score (nSPS) is 10.6. The molecule has 84 valence electrons. The Kier molecular flexibility index (Phi) is 2.65. The number of imidazole rings is 1. The van der Waals surface area contributed by atoms with Gasteiger partial charge in [0.2, 0.25) is 5.95 Å². The second kappa shape index (κ2) is 3.97. The third kappa shape index (κ3) is 1.78. The van der Waals surface area contributed by atoms with Crippen LogP contribution in [0, 0.1) is 0 Å². The fourth-order valence-electron chi connectivity index (χ4n) is 1.22. The molecule has 1 amide bonds. The molecule has 0 aromatic carbocycles. The number of anilines is 1. The fraction of sp³-hybridized carbons (Fsp3) is 0.250. The maximum atomic E-state index is 11.6. The van der Waals surface area contributed by atoms with E-state index in [0.717, 1.165) is 11.8 Å². The van der Waals surface area contributed by atoms with Gasteiger partial charge in [0.05, 0.1) is 6.33 Å². The van der Waals surface area contributed by atoms with Gasteiger partial charge in [-0.1, -0.05) is 11.8 Å². The van der Waals surface area contributed by atoms with Gasteiger partial charge < -0.3 is 4.57 Å². The Morgan fingerprint density at radius 3 is 3.06 bits per heavy atom. The molecule has 0 aliphatic carbocycles. The molecule has 0 saturated carbocycles. The number of amides is 1. The smallest absolute Gasteiger partial charge is 0.285 e.